The third kappa shape index (κ3) is 2.41. The van der Waals surface area contributed by atoms with Crippen LogP contribution in [0.3, 0.4) is 0 Å². The average molecular weight is 176 g/mol. The molecule has 1 aromatic carbocycles. The van der Waals surface area contributed by atoms with E-state index < -0.39 is 0 Å². The van der Waals surface area contributed by atoms with Gasteiger partial charge in [-0.2, -0.15) is 0 Å². The lowest BCUT2D eigenvalue weighted by Crippen LogP contribution is -2.26. The van der Waals surface area contributed by atoms with Crippen molar-refractivity contribution in [1.29, 1.82) is 0 Å². The first-order valence-corrected chi connectivity index (χ1v) is 4.49. The van der Waals surface area contributed by atoms with E-state index in [1.54, 1.807) is 6.08 Å². The van der Waals surface area contributed by atoms with Gasteiger partial charge in [0.15, 0.2) is 0 Å². The third-order valence-electron chi connectivity index (χ3n) is 2.16. The second-order valence-corrected chi connectivity index (χ2v) is 2.98. The summed E-state index contributed by atoms with van der Waals surface area (Å²) in [6, 6.07) is 8.42. The monoisotopic (exact) mass is 176 g/mol. The van der Waals surface area contributed by atoms with Gasteiger partial charge >= 0.3 is 0 Å². The largest absolute Gasteiger partial charge is 0.271 e. The normalized spacial score (nSPS) is 12.5. The van der Waals surface area contributed by atoms with E-state index >= 15 is 0 Å². The summed E-state index contributed by atoms with van der Waals surface area (Å²) >= 11 is 0. The molecule has 0 saturated heterocycles. The van der Waals surface area contributed by atoms with Gasteiger partial charge in [-0.3, -0.25) is 5.84 Å². The van der Waals surface area contributed by atoms with Crippen LogP contribution in [0.5, 0.6) is 0 Å². The highest BCUT2D eigenvalue weighted by molar-refractivity contribution is 5.26. The molecule has 1 rings (SSSR count). The van der Waals surface area contributed by atoms with Crippen LogP contribution in [0.15, 0.2) is 36.9 Å². The van der Waals surface area contributed by atoms with Crippen molar-refractivity contribution >= 4 is 0 Å². The summed E-state index contributed by atoms with van der Waals surface area (Å²) in [5, 5.41) is 0. The molecule has 2 heteroatoms. The number of hydrogen-bond acceptors (Lipinski definition) is 2. The van der Waals surface area contributed by atoms with Crippen LogP contribution < -0.4 is 11.3 Å². The van der Waals surface area contributed by atoms with E-state index in [4.69, 9.17) is 5.84 Å². The predicted octanol–water partition coefficient (Wildman–Crippen LogP) is 1.94. The Morgan fingerprint density at radius 2 is 2.08 bits per heavy atom. The second kappa shape index (κ2) is 4.80. The zero-order chi connectivity index (χ0) is 9.68. The summed E-state index contributed by atoms with van der Waals surface area (Å²) in [5.74, 6) is 5.36. The summed E-state index contributed by atoms with van der Waals surface area (Å²) in [6.07, 6.45) is 2.86. The van der Waals surface area contributed by atoms with Crippen molar-refractivity contribution in [2.75, 3.05) is 0 Å². The van der Waals surface area contributed by atoms with Crippen LogP contribution in [0, 0.1) is 0 Å². The Bertz CT molecular complexity index is 264. The van der Waals surface area contributed by atoms with Gasteiger partial charge in [0.1, 0.15) is 0 Å². The molecule has 0 aliphatic carbocycles. The van der Waals surface area contributed by atoms with Gasteiger partial charge < -0.3 is 0 Å². The molecule has 13 heavy (non-hydrogen) atoms. The van der Waals surface area contributed by atoms with Crippen molar-refractivity contribution in [2.45, 2.75) is 19.4 Å². The van der Waals surface area contributed by atoms with Crippen molar-refractivity contribution in [3.63, 3.8) is 0 Å². The Morgan fingerprint density at radius 3 is 2.46 bits per heavy atom. The lowest BCUT2D eigenvalue weighted by molar-refractivity contribution is 0.656. The standard InChI is InChI=1S/C11H16N2/c1-3-9-5-7-10(8-6-9)11(4-2)13-12/h4-8,11,13H,2-3,12H2,1H3. The van der Waals surface area contributed by atoms with Crippen LogP contribution in [0.4, 0.5) is 0 Å². The van der Waals surface area contributed by atoms with Crippen molar-refractivity contribution in [3.8, 4) is 0 Å². The van der Waals surface area contributed by atoms with E-state index in [0.717, 1.165) is 12.0 Å². The Morgan fingerprint density at radius 1 is 1.46 bits per heavy atom. The molecule has 0 aliphatic heterocycles. The number of benzene rings is 1. The third-order valence-corrected chi connectivity index (χ3v) is 2.16. The van der Waals surface area contributed by atoms with E-state index in [9.17, 15) is 0 Å². The molecule has 2 nitrogen and oxygen atoms in total. The summed E-state index contributed by atoms with van der Waals surface area (Å²) in [7, 11) is 0. The van der Waals surface area contributed by atoms with Gasteiger partial charge in [0, 0.05) is 0 Å². The van der Waals surface area contributed by atoms with Crippen LogP contribution in [-0.2, 0) is 6.42 Å². The fourth-order valence-electron chi connectivity index (χ4n) is 1.26. The Hall–Kier alpha value is -1.12. The molecule has 0 bridgehead atoms. The molecule has 0 radical (unpaired) electrons. The molecule has 0 heterocycles. The predicted molar refractivity (Wildman–Crippen MR) is 56.1 cm³/mol. The number of aryl methyl sites for hydroxylation is 1. The maximum Gasteiger partial charge on any atom is 0.0638 e. The van der Waals surface area contributed by atoms with Crippen LogP contribution in [0.1, 0.15) is 24.1 Å². The second-order valence-electron chi connectivity index (χ2n) is 2.98. The quantitative estimate of drug-likeness (QED) is 0.418. The fourth-order valence-corrected chi connectivity index (χ4v) is 1.26. The first kappa shape index (κ1) is 9.96. The molecule has 1 atom stereocenters. The minimum Gasteiger partial charge on any atom is -0.271 e. The molecule has 0 aliphatic rings. The Labute approximate surface area is 79.4 Å². The van der Waals surface area contributed by atoms with Gasteiger partial charge in [0.25, 0.3) is 0 Å². The van der Waals surface area contributed by atoms with Crippen LogP contribution in [-0.4, -0.2) is 0 Å². The smallest absolute Gasteiger partial charge is 0.0638 e. The first-order valence-electron chi connectivity index (χ1n) is 4.49. The number of hydrazine groups is 1. The van der Waals surface area contributed by atoms with E-state index in [2.05, 4.69) is 43.2 Å². The Balaban J connectivity index is 2.83. The first-order chi connectivity index (χ1) is 6.31. The molecular weight excluding hydrogens is 160 g/mol. The lowest BCUT2D eigenvalue weighted by Gasteiger charge is -2.11. The van der Waals surface area contributed by atoms with E-state index in [-0.39, 0.29) is 6.04 Å². The zero-order valence-corrected chi connectivity index (χ0v) is 7.96. The van der Waals surface area contributed by atoms with Crippen LogP contribution >= 0.6 is 0 Å². The summed E-state index contributed by atoms with van der Waals surface area (Å²) < 4.78 is 0. The molecule has 70 valence electrons. The molecule has 1 unspecified atom stereocenters. The van der Waals surface area contributed by atoms with Gasteiger partial charge in [-0.25, -0.2) is 5.43 Å². The van der Waals surface area contributed by atoms with Crippen molar-refractivity contribution < 1.29 is 0 Å². The summed E-state index contributed by atoms with van der Waals surface area (Å²) in [5.41, 5.74) is 5.17. The molecule has 1 aromatic rings. The van der Waals surface area contributed by atoms with Gasteiger partial charge in [-0.05, 0) is 17.5 Å². The molecular formula is C11H16N2. The van der Waals surface area contributed by atoms with Gasteiger partial charge in [0.2, 0.25) is 0 Å². The van der Waals surface area contributed by atoms with Crippen LogP contribution in [0.25, 0.3) is 0 Å². The lowest BCUT2D eigenvalue weighted by atomic mass is 10.0. The average Bonchev–Trinajstić information content (AvgIpc) is 2.21. The summed E-state index contributed by atoms with van der Waals surface area (Å²) in [4.78, 5) is 0. The van der Waals surface area contributed by atoms with E-state index in [0.29, 0.717) is 0 Å². The SMILES string of the molecule is C=CC(NN)c1ccc(CC)cc1. The number of hydrogen-bond donors (Lipinski definition) is 2. The number of rotatable bonds is 4. The van der Waals surface area contributed by atoms with Gasteiger partial charge in [-0.1, -0.05) is 37.3 Å². The maximum absolute atomic E-state index is 5.36. The Kier molecular flexibility index (Phi) is 3.68. The number of nitrogens with one attached hydrogen (secondary N) is 1. The van der Waals surface area contributed by atoms with Gasteiger partial charge in [0.05, 0.1) is 6.04 Å². The zero-order valence-electron chi connectivity index (χ0n) is 7.96. The molecule has 0 fully saturated rings. The van der Waals surface area contributed by atoms with Crippen molar-refractivity contribution in [3.05, 3.63) is 48.0 Å². The van der Waals surface area contributed by atoms with Crippen molar-refractivity contribution in [2.24, 2.45) is 5.84 Å². The van der Waals surface area contributed by atoms with E-state index in [1.807, 2.05) is 0 Å². The molecule has 0 amide bonds. The highest BCUT2D eigenvalue weighted by Crippen LogP contribution is 2.13. The summed E-state index contributed by atoms with van der Waals surface area (Å²) in [6.45, 7) is 5.85. The topological polar surface area (TPSA) is 38.0 Å². The minimum absolute atomic E-state index is 0.0471. The number of nitrogens with two attached hydrogens (primary N) is 1. The molecule has 0 aromatic heterocycles. The highest BCUT2D eigenvalue weighted by Gasteiger charge is 2.03. The molecule has 0 saturated carbocycles. The van der Waals surface area contributed by atoms with Gasteiger partial charge in [-0.15, -0.1) is 6.58 Å². The highest BCUT2D eigenvalue weighted by atomic mass is 15.2. The van der Waals surface area contributed by atoms with E-state index in [1.165, 1.54) is 5.56 Å². The van der Waals surface area contributed by atoms with Crippen molar-refractivity contribution in [1.82, 2.24) is 5.43 Å². The molecule has 0 spiro atoms. The minimum atomic E-state index is 0.0471. The fraction of sp³-hybridized carbons (Fsp3) is 0.273. The van der Waals surface area contributed by atoms with Crippen LogP contribution in [0.2, 0.25) is 0 Å². The maximum atomic E-state index is 5.36. The molecule has 3 N–H and O–H groups in total.